The standard InChI is InChI=1S/C14H28N2OS/c1-4-12-7-8-13(11(12)3)16-14(18)15-9-6-10-17-5-2/h11-13H,4-10H2,1-3H3,(H2,15,16,18). The highest BCUT2D eigenvalue weighted by molar-refractivity contribution is 7.80. The fraction of sp³-hybridized carbons (Fsp3) is 0.929. The maximum absolute atomic E-state index is 5.33. The van der Waals surface area contributed by atoms with E-state index in [9.17, 15) is 0 Å². The number of rotatable bonds is 7. The van der Waals surface area contributed by atoms with Crippen molar-refractivity contribution in [2.24, 2.45) is 11.8 Å². The number of ether oxygens (including phenoxy) is 1. The van der Waals surface area contributed by atoms with Crippen molar-refractivity contribution in [2.75, 3.05) is 19.8 Å². The van der Waals surface area contributed by atoms with E-state index in [2.05, 4.69) is 24.5 Å². The third-order valence-corrected chi connectivity index (χ3v) is 4.28. The van der Waals surface area contributed by atoms with Crippen LogP contribution in [-0.4, -0.2) is 30.9 Å². The minimum atomic E-state index is 0.557. The molecule has 0 aliphatic heterocycles. The van der Waals surface area contributed by atoms with Gasteiger partial charge in [-0.1, -0.05) is 20.3 Å². The molecule has 3 unspecified atom stereocenters. The number of hydrogen-bond acceptors (Lipinski definition) is 2. The molecule has 0 heterocycles. The Bertz CT molecular complexity index is 248. The van der Waals surface area contributed by atoms with Gasteiger partial charge in [-0.2, -0.15) is 0 Å². The SMILES string of the molecule is CCOCCCNC(=S)NC1CCC(CC)C1C. The molecule has 0 aromatic heterocycles. The Labute approximate surface area is 117 Å². The van der Waals surface area contributed by atoms with Crippen LogP contribution in [0.15, 0.2) is 0 Å². The molecule has 0 radical (unpaired) electrons. The second-order valence-electron chi connectivity index (χ2n) is 5.16. The smallest absolute Gasteiger partial charge is 0.166 e. The van der Waals surface area contributed by atoms with Gasteiger partial charge in [0.2, 0.25) is 0 Å². The normalized spacial score (nSPS) is 27.2. The van der Waals surface area contributed by atoms with Crippen molar-refractivity contribution in [3.63, 3.8) is 0 Å². The summed E-state index contributed by atoms with van der Waals surface area (Å²) in [6.45, 7) is 9.14. The third kappa shape index (κ3) is 5.11. The van der Waals surface area contributed by atoms with Crippen LogP contribution in [0.25, 0.3) is 0 Å². The first kappa shape index (κ1) is 15.7. The van der Waals surface area contributed by atoms with Crippen LogP contribution >= 0.6 is 12.2 Å². The lowest BCUT2D eigenvalue weighted by molar-refractivity contribution is 0.145. The summed E-state index contributed by atoms with van der Waals surface area (Å²) in [4.78, 5) is 0. The second-order valence-corrected chi connectivity index (χ2v) is 5.57. The predicted octanol–water partition coefficient (Wildman–Crippen LogP) is 2.70. The molecule has 18 heavy (non-hydrogen) atoms. The average Bonchev–Trinajstić information content (AvgIpc) is 2.70. The fourth-order valence-corrected chi connectivity index (χ4v) is 3.02. The molecule has 106 valence electrons. The molecule has 0 aromatic rings. The van der Waals surface area contributed by atoms with E-state index >= 15 is 0 Å². The molecular formula is C14H28N2OS. The van der Waals surface area contributed by atoms with Gasteiger partial charge in [-0.3, -0.25) is 0 Å². The molecule has 1 aliphatic rings. The van der Waals surface area contributed by atoms with E-state index < -0.39 is 0 Å². The molecule has 0 spiro atoms. The summed E-state index contributed by atoms with van der Waals surface area (Å²) in [5.41, 5.74) is 0. The van der Waals surface area contributed by atoms with E-state index in [1.807, 2.05) is 6.92 Å². The molecule has 0 saturated heterocycles. The first-order valence-electron chi connectivity index (χ1n) is 7.31. The van der Waals surface area contributed by atoms with E-state index in [-0.39, 0.29) is 0 Å². The van der Waals surface area contributed by atoms with Gasteiger partial charge in [-0.15, -0.1) is 0 Å². The lowest BCUT2D eigenvalue weighted by Gasteiger charge is -2.22. The highest BCUT2D eigenvalue weighted by atomic mass is 32.1. The third-order valence-electron chi connectivity index (χ3n) is 4.02. The Morgan fingerprint density at radius 3 is 2.72 bits per heavy atom. The van der Waals surface area contributed by atoms with Crippen molar-refractivity contribution in [1.82, 2.24) is 10.6 Å². The van der Waals surface area contributed by atoms with E-state index in [1.54, 1.807) is 0 Å². The maximum Gasteiger partial charge on any atom is 0.166 e. The molecule has 2 N–H and O–H groups in total. The maximum atomic E-state index is 5.33. The molecule has 0 aromatic carbocycles. The fourth-order valence-electron chi connectivity index (χ4n) is 2.77. The molecule has 1 fully saturated rings. The monoisotopic (exact) mass is 272 g/mol. The van der Waals surface area contributed by atoms with Crippen molar-refractivity contribution >= 4 is 17.3 Å². The predicted molar refractivity (Wildman–Crippen MR) is 80.8 cm³/mol. The van der Waals surface area contributed by atoms with E-state index in [4.69, 9.17) is 17.0 Å². The summed E-state index contributed by atoms with van der Waals surface area (Å²) >= 11 is 5.33. The largest absolute Gasteiger partial charge is 0.382 e. The molecule has 4 heteroatoms. The van der Waals surface area contributed by atoms with Crippen LogP contribution in [0.3, 0.4) is 0 Å². The summed E-state index contributed by atoms with van der Waals surface area (Å²) in [5, 5.41) is 7.53. The zero-order valence-corrected chi connectivity index (χ0v) is 12.8. The van der Waals surface area contributed by atoms with Crippen molar-refractivity contribution < 1.29 is 4.74 Å². The highest BCUT2D eigenvalue weighted by Crippen LogP contribution is 2.33. The molecule has 0 bridgehead atoms. The molecule has 1 aliphatic carbocycles. The van der Waals surface area contributed by atoms with Gasteiger partial charge in [0.05, 0.1) is 0 Å². The molecule has 3 nitrogen and oxygen atoms in total. The summed E-state index contributed by atoms with van der Waals surface area (Å²) in [7, 11) is 0. The second kappa shape index (κ2) is 8.70. The van der Waals surface area contributed by atoms with Gasteiger partial charge < -0.3 is 15.4 Å². The Morgan fingerprint density at radius 2 is 2.11 bits per heavy atom. The van der Waals surface area contributed by atoms with E-state index in [0.717, 1.165) is 43.1 Å². The Balaban J connectivity index is 2.13. The van der Waals surface area contributed by atoms with E-state index in [0.29, 0.717) is 6.04 Å². The molecular weight excluding hydrogens is 244 g/mol. The summed E-state index contributed by atoms with van der Waals surface area (Å²) in [5.74, 6) is 1.60. The van der Waals surface area contributed by atoms with Crippen molar-refractivity contribution in [3.8, 4) is 0 Å². The topological polar surface area (TPSA) is 33.3 Å². The van der Waals surface area contributed by atoms with Crippen LogP contribution in [0.2, 0.25) is 0 Å². The summed E-state index contributed by atoms with van der Waals surface area (Å²) in [6.07, 6.45) is 4.88. The Morgan fingerprint density at radius 1 is 1.33 bits per heavy atom. The van der Waals surface area contributed by atoms with Gasteiger partial charge in [-0.25, -0.2) is 0 Å². The van der Waals surface area contributed by atoms with Crippen molar-refractivity contribution in [2.45, 2.75) is 52.5 Å². The van der Waals surface area contributed by atoms with Crippen molar-refractivity contribution in [1.29, 1.82) is 0 Å². The molecule has 1 saturated carbocycles. The lowest BCUT2D eigenvalue weighted by atomic mass is 9.94. The van der Waals surface area contributed by atoms with Crippen LogP contribution in [0.5, 0.6) is 0 Å². The van der Waals surface area contributed by atoms with Gasteiger partial charge in [0.1, 0.15) is 0 Å². The molecule has 1 rings (SSSR count). The van der Waals surface area contributed by atoms with Gasteiger partial charge in [0, 0.05) is 25.8 Å². The summed E-state index contributed by atoms with van der Waals surface area (Å²) < 4.78 is 5.29. The number of hydrogen-bond donors (Lipinski definition) is 2. The van der Waals surface area contributed by atoms with Crippen LogP contribution in [0, 0.1) is 11.8 Å². The van der Waals surface area contributed by atoms with Gasteiger partial charge in [0.25, 0.3) is 0 Å². The van der Waals surface area contributed by atoms with Gasteiger partial charge >= 0.3 is 0 Å². The van der Waals surface area contributed by atoms with Crippen molar-refractivity contribution in [3.05, 3.63) is 0 Å². The minimum absolute atomic E-state index is 0.557. The lowest BCUT2D eigenvalue weighted by Crippen LogP contribution is -2.44. The van der Waals surface area contributed by atoms with Crippen LogP contribution in [0.4, 0.5) is 0 Å². The Kier molecular flexibility index (Phi) is 7.59. The first-order valence-corrected chi connectivity index (χ1v) is 7.71. The highest BCUT2D eigenvalue weighted by Gasteiger charge is 2.31. The zero-order chi connectivity index (χ0) is 13.4. The Hall–Kier alpha value is -0.350. The first-order chi connectivity index (χ1) is 8.69. The zero-order valence-electron chi connectivity index (χ0n) is 12.0. The van der Waals surface area contributed by atoms with Crippen LogP contribution in [-0.2, 0) is 4.74 Å². The van der Waals surface area contributed by atoms with Gasteiger partial charge in [-0.05, 0) is 50.2 Å². The number of thiocarbonyl (C=S) groups is 1. The average molecular weight is 272 g/mol. The minimum Gasteiger partial charge on any atom is -0.382 e. The molecule has 3 atom stereocenters. The summed E-state index contributed by atoms with van der Waals surface area (Å²) in [6, 6.07) is 0.557. The van der Waals surface area contributed by atoms with Crippen LogP contribution < -0.4 is 10.6 Å². The van der Waals surface area contributed by atoms with E-state index in [1.165, 1.54) is 19.3 Å². The van der Waals surface area contributed by atoms with Crippen LogP contribution in [0.1, 0.15) is 46.5 Å². The molecule has 0 amide bonds. The van der Waals surface area contributed by atoms with Gasteiger partial charge in [0.15, 0.2) is 5.11 Å². The quantitative estimate of drug-likeness (QED) is 0.551. The number of nitrogens with one attached hydrogen (secondary N) is 2.